The number of nitrogens with zero attached hydrogens (tertiary/aromatic N) is 2. The lowest BCUT2D eigenvalue weighted by molar-refractivity contribution is 0.566. The molecule has 1 rings (SSSR count). The number of hydrogen-bond donors (Lipinski definition) is 2. The van der Waals surface area contributed by atoms with Gasteiger partial charge in [0.2, 0.25) is 5.95 Å². The van der Waals surface area contributed by atoms with Crippen molar-refractivity contribution in [2.75, 3.05) is 18.4 Å². The molecule has 0 amide bonds. The van der Waals surface area contributed by atoms with E-state index in [1.54, 1.807) is 18.5 Å². The van der Waals surface area contributed by atoms with Gasteiger partial charge in [0.05, 0.1) is 0 Å². The zero-order valence-electron chi connectivity index (χ0n) is 7.90. The normalized spacial score (nSPS) is 12.5. The van der Waals surface area contributed by atoms with Gasteiger partial charge in [-0.25, -0.2) is 9.97 Å². The van der Waals surface area contributed by atoms with Gasteiger partial charge in [-0.3, -0.25) is 0 Å². The summed E-state index contributed by atoms with van der Waals surface area (Å²) < 4.78 is 0. The highest BCUT2D eigenvalue weighted by atomic mass is 15.1. The van der Waals surface area contributed by atoms with Crippen LogP contribution >= 0.6 is 0 Å². The van der Waals surface area contributed by atoms with Gasteiger partial charge in [0, 0.05) is 18.9 Å². The molecule has 0 fully saturated rings. The van der Waals surface area contributed by atoms with Crippen molar-refractivity contribution in [2.45, 2.75) is 13.3 Å². The minimum absolute atomic E-state index is 0.564. The monoisotopic (exact) mass is 180 g/mol. The fourth-order valence-corrected chi connectivity index (χ4v) is 1.04. The first-order chi connectivity index (χ1) is 6.33. The Hall–Kier alpha value is -1.16. The van der Waals surface area contributed by atoms with Crippen LogP contribution in [0, 0.1) is 5.92 Å². The van der Waals surface area contributed by atoms with Gasteiger partial charge in [0.15, 0.2) is 0 Å². The van der Waals surface area contributed by atoms with Crippen LogP contribution in [-0.2, 0) is 0 Å². The number of nitrogens with one attached hydrogen (secondary N) is 1. The molecule has 13 heavy (non-hydrogen) atoms. The Labute approximate surface area is 78.6 Å². The average molecular weight is 180 g/mol. The maximum atomic E-state index is 5.44. The molecule has 4 nitrogen and oxygen atoms in total. The minimum atomic E-state index is 0.564. The number of rotatable bonds is 5. The molecule has 1 aromatic heterocycles. The molecule has 0 aliphatic rings. The Morgan fingerprint density at radius 2 is 2.15 bits per heavy atom. The third-order valence-corrected chi connectivity index (χ3v) is 1.83. The van der Waals surface area contributed by atoms with Gasteiger partial charge < -0.3 is 11.1 Å². The second-order valence-electron chi connectivity index (χ2n) is 3.14. The smallest absolute Gasteiger partial charge is 0.222 e. The van der Waals surface area contributed by atoms with Crippen LogP contribution in [0.25, 0.3) is 0 Å². The van der Waals surface area contributed by atoms with Crippen molar-refractivity contribution in [3.05, 3.63) is 18.5 Å². The zero-order chi connectivity index (χ0) is 9.52. The van der Waals surface area contributed by atoms with E-state index in [0.717, 1.165) is 19.5 Å². The van der Waals surface area contributed by atoms with Gasteiger partial charge in [-0.15, -0.1) is 0 Å². The van der Waals surface area contributed by atoms with Gasteiger partial charge >= 0.3 is 0 Å². The summed E-state index contributed by atoms with van der Waals surface area (Å²) in [6.07, 6.45) is 4.48. The van der Waals surface area contributed by atoms with E-state index in [0.29, 0.717) is 11.9 Å². The van der Waals surface area contributed by atoms with Crippen molar-refractivity contribution in [3.8, 4) is 0 Å². The second kappa shape index (κ2) is 5.48. The number of anilines is 1. The summed E-state index contributed by atoms with van der Waals surface area (Å²) in [4.78, 5) is 8.11. The lowest BCUT2D eigenvalue weighted by Gasteiger charge is -2.10. The highest BCUT2D eigenvalue weighted by Gasteiger charge is 2.00. The third-order valence-electron chi connectivity index (χ3n) is 1.83. The maximum Gasteiger partial charge on any atom is 0.222 e. The highest BCUT2D eigenvalue weighted by molar-refractivity contribution is 5.21. The van der Waals surface area contributed by atoms with Crippen molar-refractivity contribution < 1.29 is 0 Å². The highest BCUT2D eigenvalue weighted by Crippen LogP contribution is 2.01. The lowest BCUT2D eigenvalue weighted by Crippen LogP contribution is -2.16. The van der Waals surface area contributed by atoms with Gasteiger partial charge in [-0.2, -0.15) is 0 Å². The molecule has 1 aromatic rings. The van der Waals surface area contributed by atoms with Crippen molar-refractivity contribution >= 4 is 5.95 Å². The van der Waals surface area contributed by atoms with Gasteiger partial charge in [0.25, 0.3) is 0 Å². The Morgan fingerprint density at radius 1 is 1.46 bits per heavy atom. The van der Waals surface area contributed by atoms with Crippen LogP contribution in [0.3, 0.4) is 0 Å². The fourth-order valence-electron chi connectivity index (χ4n) is 1.04. The summed E-state index contributed by atoms with van der Waals surface area (Å²) in [6, 6.07) is 1.80. The van der Waals surface area contributed by atoms with Crippen molar-refractivity contribution in [1.82, 2.24) is 9.97 Å². The van der Waals surface area contributed by atoms with Crippen molar-refractivity contribution in [1.29, 1.82) is 0 Å². The molecule has 4 heteroatoms. The molecule has 0 saturated heterocycles. The molecule has 3 N–H and O–H groups in total. The molecule has 0 bridgehead atoms. The molecule has 0 aliphatic carbocycles. The number of nitrogens with two attached hydrogens (primary N) is 1. The first-order valence-corrected chi connectivity index (χ1v) is 4.54. The molecule has 0 saturated carbocycles. The molecule has 0 aromatic carbocycles. The summed E-state index contributed by atoms with van der Waals surface area (Å²) in [5, 5.41) is 3.15. The van der Waals surface area contributed by atoms with E-state index in [4.69, 9.17) is 5.73 Å². The summed E-state index contributed by atoms with van der Waals surface area (Å²) >= 11 is 0. The Morgan fingerprint density at radius 3 is 2.77 bits per heavy atom. The molecular formula is C9H16N4. The standard InChI is InChI=1S/C9H16N4/c1-8(3-4-10)7-13-9-11-5-2-6-12-9/h2,5-6,8H,3-4,7,10H2,1H3,(H,11,12,13). The minimum Gasteiger partial charge on any atom is -0.354 e. The predicted octanol–water partition coefficient (Wildman–Crippen LogP) is 0.873. The first kappa shape index (κ1) is 9.92. The molecule has 72 valence electrons. The molecule has 0 radical (unpaired) electrons. The molecular weight excluding hydrogens is 164 g/mol. The largest absolute Gasteiger partial charge is 0.354 e. The molecule has 0 spiro atoms. The number of aromatic nitrogens is 2. The fraction of sp³-hybridized carbons (Fsp3) is 0.556. The Balaban J connectivity index is 2.27. The molecule has 1 unspecified atom stereocenters. The average Bonchev–Trinajstić information content (AvgIpc) is 2.17. The zero-order valence-corrected chi connectivity index (χ0v) is 7.90. The Kier molecular flexibility index (Phi) is 4.18. The van der Waals surface area contributed by atoms with Crippen LogP contribution in [-0.4, -0.2) is 23.1 Å². The van der Waals surface area contributed by atoms with Crippen molar-refractivity contribution in [2.24, 2.45) is 11.7 Å². The van der Waals surface area contributed by atoms with Crippen molar-refractivity contribution in [3.63, 3.8) is 0 Å². The van der Waals surface area contributed by atoms with Crippen LogP contribution in [0.1, 0.15) is 13.3 Å². The van der Waals surface area contributed by atoms with Gasteiger partial charge in [-0.05, 0) is 24.9 Å². The van der Waals surface area contributed by atoms with Gasteiger partial charge in [-0.1, -0.05) is 6.92 Å². The van der Waals surface area contributed by atoms with E-state index in [2.05, 4.69) is 22.2 Å². The van der Waals surface area contributed by atoms with Crippen LogP contribution in [0.4, 0.5) is 5.95 Å². The van der Waals surface area contributed by atoms with E-state index < -0.39 is 0 Å². The SMILES string of the molecule is CC(CCN)CNc1ncccn1. The topological polar surface area (TPSA) is 63.8 Å². The van der Waals surface area contributed by atoms with E-state index in [1.807, 2.05) is 0 Å². The summed E-state index contributed by atoms with van der Waals surface area (Å²) in [6.45, 7) is 3.77. The summed E-state index contributed by atoms with van der Waals surface area (Å²) in [5.41, 5.74) is 5.44. The second-order valence-corrected chi connectivity index (χ2v) is 3.14. The van der Waals surface area contributed by atoms with Crippen LogP contribution in [0.15, 0.2) is 18.5 Å². The first-order valence-electron chi connectivity index (χ1n) is 4.54. The maximum absolute atomic E-state index is 5.44. The van der Waals surface area contributed by atoms with Crippen LogP contribution < -0.4 is 11.1 Å². The van der Waals surface area contributed by atoms with Crippen LogP contribution in [0.2, 0.25) is 0 Å². The lowest BCUT2D eigenvalue weighted by atomic mass is 10.1. The van der Waals surface area contributed by atoms with E-state index in [-0.39, 0.29) is 0 Å². The summed E-state index contributed by atoms with van der Waals surface area (Å²) in [5.74, 6) is 1.25. The molecule has 0 aliphatic heterocycles. The molecule has 1 heterocycles. The van der Waals surface area contributed by atoms with E-state index in [9.17, 15) is 0 Å². The Bertz CT molecular complexity index is 224. The van der Waals surface area contributed by atoms with E-state index >= 15 is 0 Å². The molecule has 1 atom stereocenters. The third kappa shape index (κ3) is 3.85. The van der Waals surface area contributed by atoms with Gasteiger partial charge in [0.1, 0.15) is 0 Å². The van der Waals surface area contributed by atoms with E-state index in [1.165, 1.54) is 0 Å². The predicted molar refractivity (Wildman–Crippen MR) is 53.4 cm³/mol. The quantitative estimate of drug-likeness (QED) is 0.706. The summed E-state index contributed by atoms with van der Waals surface area (Å²) in [7, 11) is 0. The number of hydrogen-bond acceptors (Lipinski definition) is 4. The van der Waals surface area contributed by atoms with Crippen LogP contribution in [0.5, 0.6) is 0 Å².